The van der Waals surface area contributed by atoms with E-state index in [1.807, 2.05) is 73.0 Å². The summed E-state index contributed by atoms with van der Waals surface area (Å²) in [5.74, 6) is 1.05. The van der Waals surface area contributed by atoms with E-state index in [2.05, 4.69) is 15.5 Å². The number of carbonyl (C=O) groups excluding carboxylic acids is 2. The second-order valence-corrected chi connectivity index (χ2v) is 9.33. The van der Waals surface area contributed by atoms with Gasteiger partial charge in [-0.1, -0.05) is 54.2 Å². The monoisotopic (exact) mass is 473 g/mol. The minimum absolute atomic E-state index is 0.0169. The van der Waals surface area contributed by atoms with Gasteiger partial charge in [0.25, 0.3) is 0 Å². The van der Waals surface area contributed by atoms with Gasteiger partial charge in [0.2, 0.25) is 11.8 Å². The predicted molar refractivity (Wildman–Crippen MR) is 131 cm³/mol. The van der Waals surface area contributed by atoms with Gasteiger partial charge < -0.3 is 9.73 Å². The van der Waals surface area contributed by atoms with Gasteiger partial charge in [-0.25, -0.2) is 0 Å². The normalized spacial score (nSPS) is 13.9. The number of nitrogens with one attached hydrogen (secondary N) is 1. The fraction of sp³-hybridized carbons (Fsp3) is 0.200. The molecule has 1 aliphatic heterocycles. The molecule has 1 aliphatic rings. The summed E-state index contributed by atoms with van der Waals surface area (Å²) >= 11 is 1.33. The van der Waals surface area contributed by atoms with Crippen molar-refractivity contribution in [3.8, 4) is 11.4 Å². The number of para-hydroxylation sites is 2. The second-order valence-electron chi connectivity index (χ2n) is 8.02. The molecule has 2 aromatic heterocycles. The van der Waals surface area contributed by atoms with E-state index in [1.165, 1.54) is 16.7 Å². The van der Waals surface area contributed by atoms with Gasteiger partial charge in [0.05, 0.1) is 35.0 Å². The number of furan rings is 1. The van der Waals surface area contributed by atoms with Gasteiger partial charge in [0.1, 0.15) is 12.3 Å². The highest BCUT2D eigenvalue weighted by atomic mass is 32.2. The SMILES string of the molecule is Cc1occc1-c1nnc(SC(C)C(=O)N2CC(=O)Nc3ccccc32)n1Cc1ccccc1. The first-order valence-corrected chi connectivity index (χ1v) is 11.8. The van der Waals surface area contributed by atoms with E-state index in [4.69, 9.17) is 4.42 Å². The van der Waals surface area contributed by atoms with Crippen LogP contribution in [0.5, 0.6) is 0 Å². The Hall–Kier alpha value is -3.85. The van der Waals surface area contributed by atoms with Crippen molar-refractivity contribution >= 4 is 35.0 Å². The Labute approximate surface area is 201 Å². The van der Waals surface area contributed by atoms with Gasteiger partial charge >= 0.3 is 0 Å². The van der Waals surface area contributed by atoms with Crippen LogP contribution in [-0.4, -0.2) is 38.4 Å². The molecule has 8 nitrogen and oxygen atoms in total. The number of aromatic nitrogens is 3. The van der Waals surface area contributed by atoms with Crippen LogP contribution in [0.2, 0.25) is 0 Å². The number of hydrogen-bond acceptors (Lipinski definition) is 6. The zero-order chi connectivity index (χ0) is 23.7. The highest BCUT2D eigenvalue weighted by Crippen LogP contribution is 2.33. The van der Waals surface area contributed by atoms with Crippen LogP contribution in [0.4, 0.5) is 11.4 Å². The highest BCUT2D eigenvalue weighted by molar-refractivity contribution is 8.00. The second kappa shape index (κ2) is 9.18. The number of thioether (sulfide) groups is 1. The number of amides is 2. The Morgan fingerprint density at radius 1 is 1.12 bits per heavy atom. The maximum absolute atomic E-state index is 13.4. The molecule has 0 saturated carbocycles. The molecule has 4 aromatic rings. The molecule has 1 N–H and O–H groups in total. The molecule has 1 atom stereocenters. The summed E-state index contributed by atoms with van der Waals surface area (Å²) in [6.07, 6.45) is 1.63. The predicted octanol–water partition coefficient (Wildman–Crippen LogP) is 4.36. The summed E-state index contributed by atoms with van der Waals surface area (Å²) in [6.45, 7) is 4.24. The Kier molecular flexibility index (Phi) is 5.93. The molecule has 5 rings (SSSR count). The van der Waals surface area contributed by atoms with Gasteiger partial charge in [-0.3, -0.25) is 19.1 Å². The lowest BCUT2D eigenvalue weighted by molar-refractivity contribution is -0.121. The van der Waals surface area contributed by atoms with Gasteiger partial charge in [-0.15, -0.1) is 10.2 Å². The Balaban J connectivity index is 1.45. The molecular formula is C25H23N5O3S. The van der Waals surface area contributed by atoms with Gasteiger partial charge in [-0.05, 0) is 37.6 Å². The smallest absolute Gasteiger partial charge is 0.244 e. The Bertz CT molecular complexity index is 1350. The van der Waals surface area contributed by atoms with Crippen LogP contribution in [-0.2, 0) is 16.1 Å². The molecule has 34 heavy (non-hydrogen) atoms. The van der Waals surface area contributed by atoms with Crippen LogP contribution in [0, 0.1) is 6.92 Å². The summed E-state index contributed by atoms with van der Waals surface area (Å²) in [5, 5.41) is 11.8. The molecule has 2 aromatic carbocycles. The average Bonchev–Trinajstić information content (AvgIpc) is 3.44. The molecule has 3 heterocycles. The maximum Gasteiger partial charge on any atom is 0.244 e. The van der Waals surface area contributed by atoms with Crippen LogP contribution in [0.3, 0.4) is 0 Å². The summed E-state index contributed by atoms with van der Waals surface area (Å²) in [4.78, 5) is 27.2. The molecule has 0 saturated heterocycles. The van der Waals surface area contributed by atoms with Crippen molar-refractivity contribution in [1.82, 2.24) is 14.8 Å². The number of carbonyl (C=O) groups is 2. The lowest BCUT2D eigenvalue weighted by atomic mass is 10.2. The zero-order valence-corrected chi connectivity index (χ0v) is 19.6. The number of anilines is 2. The quantitative estimate of drug-likeness (QED) is 0.418. The van der Waals surface area contributed by atoms with Crippen LogP contribution < -0.4 is 10.2 Å². The molecule has 0 fully saturated rings. The minimum atomic E-state index is -0.490. The van der Waals surface area contributed by atoms with Crippen molar-refractivity contribution in [3.63, 3.8) is 0 Å². The first kappa shape index (κ1) is 22.0. The highest BCUT2D eigenvalue weighted by Gasteiger charge is 2.31. The topological polar surface area (TPSA) is 93.3 Å². The van der Waals surface area contributed by atoms with Crippen molar-refractivity contribution in [2.24, 2.45) is 0 Å². The summed E-state index contributed by atoms with van der Waals surface area (Å²) in [5.41, 5.74) is 3.28. The fourth-order valence-corrected chi connectivity index (χ4v) is 4.87. The molecular weight excluding hydrogens is 450 g/mol. The summed E-state index contributed by atoms with van der Waals surface area (Å²) in [6, 6.07) is 19.2. The Morgan fingerprint density at radius 2 is 1.88 bits per heavy atom. The van der Waals surface area contributed by atoms with E-state index >= 15 is 0 Å². The van der Waals surface area contributed by atoms with Crippen LogP contribution in [0.1, 0.15) is 18.2 Å². The number of rotatable bonds is 6. The van der Waals surface area contributed by atoms with Crippen molar-refractivity contribution in [2.45, 2.75) is 30.8 Å². The number of benzene rings is 2. The van der Waals surface area contributed by atoms with Crippen molar-refractivity contribution in [3.05, 3.63) is 78.3 Å². The molecule has 9 heteroatoms. The van der Waals surface area contributed by atoms with E-state index in [0.717, 1.165) is 16.9 Å². The van der Waals surface area contributed by atoms with Crippen LogP contribution in [0.15, 0.2) is 76.5 Å². The third kappa shape index (κ3) is 4.22. The molecule has 0 aliphatic carbocycles. The van der Waals surface area contributed by atoms with E-state index in [-0.39, 0.29) is 18.4 Å². The molecule has 0 radical (unpaired) electrons. The third-order valence-corrected chi connectivity index (χ3v) is 6.73. The van der Waals surface area contributed by atoms with Crippen molar-refractivity contribution < 1.29 is 14.0 Å². The number of nitrogens with zero attached hydrogens (tertiary/aromatic N) is 4. The van der Waals surface area contributed by atoms with E-state index < -0.39 is 5.25 Å². The Morgan fingerprint density at radius 3 is 2.65 bits per heavy atom. The lowest BCUT2D eigenvalue weighted by Crippen LogP contribution is -2.45. The van der Waals surface area contributed by atoms with Crippen LogP contribution >= 0.6 is 11.8 Å². The standard InChI is InChI=1S/C25H23N5O3S/c1-16-19(12-13-33-16)23-27-28-25(30(23)14-18-8-4-3-5-9-18)34-17(2)24(32)29-15-22(31)26-20-10-6-7-11-21(20)29/h3-13,17H,14-15H2,1-2H3,(H,26,31). The molecule has 0 bridgehead atoms. The van der Waals surface area contributed by atoms with Crippen molar-refractivity contribution in [1.29, 1.82) is 0 Å². The fourth-order valence-electron chi connectivity index (χ4n) is 3.96. The maximum atomic E-state index is 13.4. The molecule has 2 amide bonds. The number of aryl methyl sites for hydroxylation is 1. The summed E-state index contributed by atoms with van der Waals surface area (Å²) < 4.78 is 7.49. The minimum Gasteiger partial charge on any atom is -0.469 e. The average molecular weight is 474 g/mol. The third-order valence-electron chi connectivity index (χ3n) is 5.67. The lowest BCUT2D eigenvalue weighted by Gasteiger charge is -2.30. The molecule has 172 valence electrons. The zero-order valence-electron chi connectivity index (χ0n) is 18.8. The van der Waals surface area contributed by atoms with Crippen LogP contribution in [0.25, 0.3) is 11.4 Å². The van der Waals surface area contributed by atoms with Gasteiger partial charge in [0.15, 0.2) is 11.0 Å². The van der Waals surface area contributed by atoms with Gasteiger partial charge in [0, 0.05) is 0 Å². The number of fused-ring (bicyclic) bond motifs is 1. The van der Waals surface area contributed by atoms with Crippen molar-refractivity contribution in [2.75, 3.05) is 16.8 Å². The van der Waals surface area contributed by atoms with Gasteiger partial charge in [-0.2, -0.15) is 0 Å². The van der Waals surface area contributed by atoms with E-state index in [9.17, 15) is 9.59 Å². The first-order valence-electron chi connectivity index (χ1n) is 10.9. The first-order chi connectivity index (χ1) is 16.5. The largest absolute Gasteiger partial charge is 0.469 e. The molecule has 0 spiro atoms. The summed E-state index contributed by atoms with van der Waals surface area (Å²) in [7, 11) is 0. The van der Waals surface area contributed by atoms with E-state index in [0.29, 0.717) is 28.9 Å². The number of hydrogen-bond donors (Lipinski definition) is 1. The molecule has 1 unspecified atom stereocenters. The van der Waals surface area contributed by atoms with E-state index in [1.54, 1.807) is 12.3 Å².